The predicted molar refractivity (Wildman–Crippen MR) is 49.0 cm³/mol. The minimum absolute atomic E-state index is 0.391. The molecular weight excluding hydrogens is 150 g/mol. The van der Waals surface area contributed by atoms with Crippen LogP contribution in [0.1, 0.15) is 51.2 Å². The Balaban J connectivity index is 3.04. The first kappa shape index (κ1) is 9.10. The van der Waals surface area contributed by atoms with Crippen LogP contribution >= 0.6 is 0 Å². The molecule has 1 rings (SSSR count). The van der Waals surface area contributed by atoms with E-state index in [0.29, 0.717) is 11.8 Å². The van der Waals surface area contributed by atoms with E-state index < -0.39 is 0 Å². The number of hydrogen-bond acceptors (Lipinski definition) is 2. The van der Waals surface area contributed by atoms with E-state index in [2.05, 4.69) is 44.9 Å². The molecule has 68 valence electrons. The third-order valence-corrected chi connectivity index (χ3v) is 1.84. The molecule has 1 heterocycles. The SMILES string of the molecule is [CH2-]n1c(C(C)C)nnc1C(C)C. The topological polar surface area (TPSA) is 30.7 Å². The third-order valence-electron chi connectivity index (χ3n) is 1.84. The molecule has 0 N–H and O–H groups in total. The molecule has 0 saturated carbocycles. The summed E-state index contributed by atoms with van der Waals surface area (Å²) in [6, 6.07) is 0. The Morgan fingerprint density at radius 2 is 1.33 bits per heavy atom. The van der Waals surface area contributed by atoms with E-state index in [1.54, 1.807) is 0 Å². The molecule has 0 unspecified atom stereocenters. The molecule has 3 heteroatoms. The van der Waals surface area contributed by atoms with Crippen LogP contribution in [0.5, 0.6) is 0 Å². The van der Waals surface area contributed by atoms with Gasteiger partial charge in [0.25, 0.3) is 0 Å². The van der Waals surface area contributed by atoms with Crippen LogP contribution in [-0.2, 0) is 0 Å². The second kappa shape index (κ2) is 3.17. The Hall–Kier alpha value is -0.990. The fourth-order valence-corrected chi connectivity index (χ4v) is 1.18. The zero-order valence-electron chi connectivity index (χ0n) is 8.20. The Kier molecular flexibility index (Phi) is 2.40. The Labute approximate surface area is 73.8 Å². The summed E-state index contributed by atoms with van der Waals surface area (Å²) in [5.74, 6) is 2.70. The van der Waals surface area contributed by atoms with E-state index in [-0.39, 0.29) is 0 Å². The van der Waals surface area contributed by atoms with Gasteiger partial charge in [-0.1, -0.05) is 27.7 Å². The van der Waals surface area contributed by atoms with Crippen LogP contribution in [0.15, 0.2) is 0 Å². The molecule has 0 aromatic carbocycles. The summed E-state index contributed by atoms with van der Waals surface area (Å²) in [4.78, 5) is 0. The first-order valence-corrected chi connectivity index (χ1v) is 4.30. The Morgan fingerprint density at radius 1 is 1.00 bits per heavy atom. The molecule has 0 radical (unpaired) electrons. The lowest BCUT2D eigenvalue weighted by molar-refractivity contribution is 0.706. The lowest BCUT2D eigenvalue weighted by Crippen LogP contribution is -2.03. The summed E-state index contributed by atoms with van der Waals surface area (Å²) in [6.45, 7) is 8.37. The first-order chi connectivity index (χ1) is 5.54. The summed E-state index contributed by atoms with van der Waals surface area (Å²) in [6.07, 6.45) is 0. The number of nitrogens with zero attached hydrogens (tertiary/aromatic N) is 3. The van der Waals surface area contributed by atoms with E-state index in [4.69, 9.17) is 0 Å². The van der Waals surface area contributed by atoms with Crippen LogP contribution < -0.4 is 0 Å². The standard InChI is InChI=1S/C9H16N3/c1-6(2)8-10-11-9(7(3)4)12(8)5/h6-7H,5H2,1-4H3/q-1. The van der Waals surface area contributed by atoms with Crippen LogP contribution in [-0.4, -0.2) is 14.8 Å². The molecule has 0 aliphatic rings. The van der Waals surface area contributed by atoms with Crippen molar-refractivity contribution >= 4 is 0 Å². The molecule has 0 spiro atoms. The molecule has 12 heavy (non-hydrogen) atoms. The molecular formula is C9H16N3-. The maximum Gasteiger partial charge on any atom is 0.0286 e. The second-order valence-electron chi connectivity index (χ2n) is 3.65. The van der Waals surface area contributed by atoms with Gasteiger partial charge in [-0.25, -0.2) is 10.2 Å². The van der Waals surface area contributed by atoms with E-state index >= 15 is 0 Å². The van der Waals surface area contributed by atoms with Gasteiger partial charge in [0.2, 0.25) is 0 Å². The van der Waals surface area contributed by atoms with Crippen molar-refractivity contribution in [3.8, 4) is 0 Å². The van der Waals surface area contributed by atoms with E-state index in [9.17, 15) is 0 Å². The van der Waals surface area contributed by atoms with Gasteiger partial charge >= 0.3 is 0 Å². The van der Waals surface area contributed by atoms with E-state index in [1.165, 1.54) is 0 Å². The van der Waals surface area contributed by atoms with Crippen LogP contribution in [0.2, 0.25) is 0 Å². The second-order valence-corrected chi connectivity index (χ2v) is 3.65. The molecule has 0 amide bonds. The quantitative estimate of drug-likeness (QED) is 0.630. The van der Waals surface area contributed by atoms with Gasteiger partial charge in [0.1, 0.15) is 0 Å². The summed E-state index contributed by atoms with van der Waals surface area (Å²) in [5, 5.41) is 8.17. The van der Waals surface area contributed by atoms with E-state index in [0.717, 1.165) is 11.6 Å². The van der Waals surface area contributed by atoms with Crippen molar-refractivity contribution in [2.75, 3.05) is 0 Å². The van der Waals surface area contributed by atoms with Crippen LogP contribution in [0.25, 0.3) is 0 Å². The molecule has 0 atom stereocenters. The van der Waals surface area contributed by atoms with Gasteiger partial charge in [-0.2, -0.15) is 0 Å². The molecule has 0 bridgehead atoms. The highest BCUT2D eigenvalue weighted by molar-refractivity contribution is 5.04. The van der Waals surface area contributed by atoms with Gasteiger partial charge in [0.15, 0.2) is 0 Å². The highest BCUT2D eigenvalue weighted by Gasteiger charge is 2.05. The zero-order chi connectivity index (χ0) is 9.30. The molecule has 1 aromatic heterocycles. The smallest absolute Gasteiger partial charge is 0.0286 e. The third kappa shape index (κ3) is 1.44. The summed E-state index contributed by atoms with van der Waals surface area (Å²) >= 11 is 0. The van der Waals surface area contributed by atoms with Crippen LogP contribution in [0, 0.1) is 7.05 Å². The van der Waals surface area contributed by atoms with Crippen molar-refractivity contribution in [3.63, 3.8) is 0 Å². The lowest BCUT2D eigenvalue weighted by Gasteiger charge is -2.16. The minimum atomic E-state index is 0.391. The average molecular weight is 166 g/mol. The monoisotopic (exact) mass is 166 g/mol. The summed E-state index contributed by atoms with van der Waals surface area (Å²) < 4.78 is 1.84. The Morgan fingerprint density at radius 3 is 1.50 bits per heavy atom. The average Bonchev–Trinajstić information content (AvgIpc) is 2.30. The molecule has 0 aliphatic carbocycles. The molecule has 0 fully saturated rings. The van der Waals surface area contributed by atoms with Crippen molar-refractivity contribution < 1.29 is 0 Å². The van der Waals surface area contributed by atoms with Crippen molar-refractivity contribution in [3.05, 3.63) is 18.7 Å². The molecule has 1 aromatic rings. The fraction of sp³-hybridized carbons (Fsp3) is 0.667. The maximum atomic E-state index is 4.09. The zero-order valence-corrected chi connectivity index (χ0v) is 8.20. The van der Waals surface area contributed by atoms with Crippen molar-refractivity contribution in [2.24, 2.45) is 0 Å². The molecule has 3 nitrogen and oxygen atoms in total. The Bertz CT molecular complexity index is 235. The highest BCUT2D eigenvalue weighted by atomic mass is 15.3. The van der Waals surface area contributed by atoms with Crippen molar-refractivity contribution in [2.45, 2.75) is 39.5 Å². The van der Waals surface area contributed by atoms with Gasteiger partial charge in [-0.3, -0.25) is 0 Å². The van der Waals surface area contributed by atoms with Gasteiger partial charge in [0, 0.05) is 11.6 Å². The van der Waals surface area contributed by atoms with E-state index in [1.807, 2.05) is 4.57 Å². The minimum Gasteiger partial charge on any atom is -0.455 e. The summed E-state index contributed by atoms with van der Waals surface area (Å²) in [7, 11) is 3.91. The largest absolute Gasteiger partial charge is 0.455 e. The van der Waals surface area contributed by atoms with Gasteiger partial charge in [-0.05, 0) is 11.8 Å². The highest BCUT2D eigenvalue weighted by Crippen LogP contribution is 2.17. The van der Waals surface area contributed by atoms with Crippen molar-refractivity contribution in [1.82, 2.24) is 14.8 Å². The van der Waals surface area contributed by atoms with Crippen LogP contribution in [0.4, 0.5) is 0 Å². The normalized spacial score (nSPS) is 11.5. The molecule has 0 aliphatic heterocycles. The van der Waals surface area contributed by atoms with Gasteiger partial charge in [-0.15, -0.1) is 7.05 Å². The number of hydrogen-bond donors (Lipinski definition) is 0. The fourth-order valence-electron chi connectivity index (χ4n) is 1.18. The number of rotatable bonds is 2. The summed E-state index contributed by atoms with van der Waals surface area (Å²) in [5.41, 5.74) is 0. The van der Waals surface area contributed by atoms with Gasteiger partial charge in [0.05, 0.1) is 0 Å². The van der Waals surface area contributed by atoms with Gasteiger partial charge < -0.3 is 4.57 Å². The van der Waals surface area contributed by atoms with Crippen LogP contribution in [0.3, 0.4) is 0 Å². The lowest BCUT2D eigenvalue weighted by atomic mass is 10.2. The first-order valence-electron chi connectivity index (χ1n) is 4.30. The number of aromatic nitrogens is 3. The predicted octanol–water partition coefficient (Wildman–Crippen LogP) is 2.16. The van der Waals surface area contributed by atoms with Crippen molar-refractivity contribution in [1.29, 1.82) is 0 Å². The maximum absolute atomic E-state index is 4.09. The molecule has 0 saturated heterocycles.